The highest BCUT2D eigenvalue weighted by Gasteiger charge is 2.27. The van der Waals surface area contributed by atoms with Crippen LogP contribution in [0.3, 0.4) is 0 Å². The van der Waals surface area contributed by atoms with Crippen LogP contribution in [0.25, 0.3) is 11.0 Å². The molecular formula is C15H18N2O3. The maximum atomic E-state index is 11.0. The molecule has 3 rings (SSSR count). The molecule has 5 heteroatoms. The van der Waals surface area contributed by atoms with Gasteiger partial charge in [0, 0.05) is 0 Å². The molecule has 0 bridgehead atoms. The average molecular weight is 274 g/mol. The first-order valence-electron chi connectivity index (χ1n) is 6.98. The number of hydrogen-bond acceptors (Lipinski definition) is 3. The van der Waals surface area contributed by atoms with Crippen molar-refractivity contribution in [3.63, 3.8) is 0 Å². The first kappa shape index (κ1) is 13.1. The van der Waals surface area contributed by atoms with Gasteiger partial charge in [-0.25, -0.2) is 9.78 Å². The van der Waals surface area contributed by atoms with E-state index in [4.69, 9.17) is 5.11 Å². The van der Waals surface area contributed by atoms with Crippen LogP contribution in [0.5, 0.6) is 0 Å². The van der Waals surface area contributed by atoms with E-state index in [1.807, 2.05) is 6.92 Å². The highest BCUT2D eigenvalue weighted by molar-refractivity contribution is 5.92. The monoisotopic (exact) mass is 274 g/mol. The van der Waals surface area contributed by atoms with Crippen molar-refractivity contribution in [3.8, 4) is 0 Å². The number of aromatic carboxylic acids is 1. The van der Waals surface area contributed by atoms with Crippen LogP contribution in [-0.2, 0) is 0 Å². The summed E-state index contributed by atoms with van der Waals surface area (Å²) in [5, 5.41) is 19.3. The molecule has 1 aliphatic carbocycles. The van der Waals surface area contributed by atoms with E-state index in [0.717, 1.165) is 37.0 Å². The van der Waals surface area contributed by atoms with Crippen molar-refractivity contribution in [2.75, 3.05) is 0 Å². The number of aryl methyl sites for hydroxylation is 1. The highest BCUT2D eigenvalue weighted by Crippen LogP contribution is 2.32. The van der Waals surface area contributed by atoms with Crippen molar-refractivity contribution in [1.82, 2.24) is 9.55 Å². The quantitative estimate of drug-likeness (QED) is 0.882. The van der Waals surface area contributed by atoms with Crippen molar-refractivity contribution in [3.05, 3.63) is 29.6 Å². The minimum Gasteiger partial charge on any atom is -0.478 e. The summed E-state index contributed by atoms with van der Waals surface area (Å²) in [6, 6.07) is 5.03. The number of benzene rings is 1. The minimum absolute atomic E-state index is 0.0458. The molecule has 1 aliphatic rings. The van der Waals surface area contributed by atoms with E-state index in [9.17, 15) is 9.90 Å². The molecule has 2 aromatic rings. The summed E-state index contributed by atoms with van der Waals surface area (Å²) in [5.41, 5.74) is 1.82. The summed E-state index contributed by atoms with van der Waals surface area (Å²) < 4.78 is 2.06. The van der Waals surface area contributed by atoms with Crippen molar-refractivity contribution in [2.45, 2.75) is 44.8 Å². The predicted octanol–water partition coefficient (Wildman–Crippen LogP) is 2.52. The van der Waals surface area contributed by atoms with Gasteiger partial charge in [0.1, 0.15) is 5.82 Å². The minimum atomic E-state index is -0.947. The molecule has 2 N–H and O–H groups in total. The summed E-state index contributed by atoms with van der Waals surface area (Å²) in [4.78, 5) is 15.5. The van der Waals surface area contributed by atoms with Gasteiger partial charge >= 0.3 is 5.97 Å². The van der Waals surface area contributed by atoms with Gasteiger partial charge in [-0.15, -0.1) is 0 Å². The third kappa shape index (κ3) is 2.08. The van der Waals surface area contributed by atoms with Crippen molar-refractivity contribution >= 4 is 17.0 Å². The Labute approximate surface area is 116 Å². The van der Waals surface area contributed by atoms with Gasteiger partial charge in [0.05, 0.1) is 28.7 Å². The topological polar surface area (TPSA) is 75.3 Å². The summed E-state index contributed by atoms with van der Waals surface area (Å²) in [7, 11) is 0. The normalized spacial score (nSPS) is 23.1. The lowest BCUT2D eigenvalue weighted by molar-refractivity contribution is 0.0696. The number of hydrogen-bond donors (Lipinski definition) is 2. The molecule has 1 aromatic carbocycles. The third-order valence-electron chi connectivity index (χ3n) is 4.14. The summed E-state index contributed by atoms with van der Waals surface area (Å²) in [5.74, 6) is -0.120. The predicted molar refractivity (Wildman–Crippen MR) is 74.9 cm³/mol. The zero-order valence-electron chi connectivity index (χ0n) is 11.4. The molecule has 5 nitrogen and oxygen atoms in total. The first-order chi connectivity index (χ1) is 9.58. The summed E-state index contributed by atoms with van der Waals surface area (Å²) in [6.45, 7) is 1.90. The van der Waals surface area contributed by atoms with Gasteiger partial charge in [-0.3, -0.25) is 0 Å². The number of nitrogens with zero attached hydrogens (tertiary/aromatic N) is 2. The Morgan fingerprint density at radius 2 is 2.10 bits per heavy atom. The van der Waals surface area contributed by atoms with Crippen LogP contribution in [0.4, 0.5) is 0 Å². The molecule has 2 unspecified atom stereocenters. The average Bonchev–Trinajstić information content (AvgIpc) is 2.74. The van der Waals surface area contributed by atoms with E-state index in [1.54, 1.807) is 18.2 Å². The number of imidazole rings is 1. The second-order valence-electron chi connectivity index (χ2n) is 5.46. The molecule has 106 valence electrons. The van der Waals surface area contributed by atoms with Crippen molar-refractivity contribution < 1.29 is 15.0 Å². The maximum Gasteiger partial charge on any atom is 0.335 e. The summed E-state index contributed by atoms with van der Waals surface area (Å²) >= 11 is 0. The first-order valence-corrected chi connectivity index (χ1v) is 6.98. The number of fused-ring (bicyclic) bond motifs is 1. The Morgan fingerprint density at radius 1 is 1.35 bits per heavy atom. The zero-order chi connectivity index (χ0) is 14.3. The number of carbonyl (C=O) groups is 1. The molecular weight excluding hydrogens is 256 g/mol. The Kier molecular flexibility index (Phi) is 3.22. The van der Waals surface area contributed by atoms with Gasteiger partial charge in [-0.05, 0) is 38.0 Å². The van der Waals surface area contributed by atoms with E-state index < -0.39 is 5.97 Å². The molecule has 0 saturated heterocycles. The molecule has 0 amide bonds. The number of aliphatic hydroxyl groups is 1. The Morgan fingerprint density at radius 3 is 2.80 bits per heavy atom. The van der Waals surface area contributed by atoms with Crippen LogP contribution in [0, 0.1) is 6.92 Å². The number of carboxylic acid groups (broad SMARTS) is 1. The fraction of sp³-hybridized carbons (Fsp3) is 0.467. The van der Waals surface area contributed by atoms with Crippen LogP contribution in [-0.4, -0.2) is 31.8 Å². The Bertz CT molecular complexity index is 662. The molecule has 2 atom stereocenters. The Hall–Kier alpha value is -1.88. The van der Waals surface area contributed by atoms with E-state index in [0.29, 0.717) is 5.52 Å². The lowest BCUT2D eigenvalue weighted by atomic mass is 9.92. The van der Waals surface area contributed by atoms with Crippen LogP contribution in [0.2, 0.25) is 0 Å². The van der Waals surface area contributed by atoms with Crippen LogP contribution in [0.15, 0.2) is 18.2 Å². The molecule has 20 heavy (non-hydrogen) atoms. The van der Waals surface area contributed by atoms with Crippen molar-refractivity contribution in [2.24, 2.45) is 0 Å². The smallest absolute Gasteiger partial charge is 0.335 e. The van der Waals surface area contributed by atoms with Gasteiger partial charge in [0.15, 0.2) is 0 Å². The standard InChI is InChI=1S/C15H18N2O3/c1-9-16-11-8-10(15(19)20)6-7-12(11)17(9)13-4-2-3-5-14(13)18/h6-8,13-14,18H,2-5H2,1H3,(H,19,20). The second-order valence-corrected chi connectivity index (χ2v) is 5.46. The molecule has 1 aromatic heterocycles. The number of aliphatic hydroxyl groups excluding tert-OH is 1. The van der Waals surface area contributed by atoms with Gasteiger partial charge in [0.2, 0.25) is 0 Å². The van der Waals surface area contributed by atoms with Gasteiger partial charge in [-0.2, -0.15) is 0 Å². The molecule has 1 fully saturated rings. The Balaban J connectivity index is 2.11. The van der Waals surface area contributed by atoms with Gasteiger partial charge in [0.25, 0.3) is 0 Å². The molecule has 0 spiro atoms. The zero-order valence-corrected chi connectivity index (χ0v) is 11.4. The van der Waals surface area contributed by atoms with Crippen LogP contribution >= 0.6 is 0 Å². The highest BCUT2D eigenvalue weighted by atomic mass is 16.4. The number of rotatable bonds is 2. The van der Waals surface area contributed by atoms with E-state index in [2.05, 4.69) is 9.55 Å². The van der Waals surface area contributed by atoms with Crippen LogP contribution < -0.4 is 0 Å². The lowest BCUT2D eigenvalue weighted by Crippen LogP contribution is -2.28. The second kappa shape index (κ2) is 4.90. The number of aromatic nitrogens is 2. The third-order valence-corrected chi connectivity index (χ3v) is 4.14. The van der Waals surface area contributed by atoms with E-state index >= 15 is 0 Å². The fourth-order valence-electron chi connectivity index (χ4n) is 3.16. The molecule has 1 heterocycles. The van der Waals surface area contributed by atoms with E-state index in [1.165, 1.54) is 0 Å². The van der Waals surface area contributed by atoms with Gasteiger partial charge < -0.3 is 14.8 Å². The van der Waals surface area contributed by atoms with Crippen molar-refractivity contribution in [1.29, 1.82) is 0 Å². The largest absolute Gasteiger partial charge is 0.478 e. The molecule has 1 saturated carbocycles. The summed E-state index contributed by atoms with van der Waals surface area (Å²) in [6.07, 6.45) is 3.57. The maximum absolute atomic E-state index is 11.0. The number of carboxylic acids is 1. The SMILES string of the molecule is Cc1nc2cc(C(=O)O)ccc2n1C1CCCCC1O. The lowest BCUT2D eigenvalue weighted by Gasteiger charge is -2.30. The molecule has 0 aliphatic heterocycles. The fourth-order valence-corrected chi connectivity index (χ4v) is 3.16. The van der Waals surface area contributed by atoms with Crippen LogP contribution in [0.1, 0.15) is 47.9 Å². The van der Waals surface area contributed by atoms with Gasteiger partial charge in [-0.1, -0.05) is 12.8 Å². The molecule has 0 radical (unpaired) electrons. The van der Waals surface area contributed by atoms with E-state index in [-0.39, 0.29) is 17.7 Å².